The van der Waals surface area contributed by atoms with E-state index in [0.717, 1.165) is 0 Å². The van der Waals surface area contributed by atoms with Crippen LogP contribution in [0.2, 0.25) is 0 Å². The van der Waals surface area contributed by atoms with Crippen molar-refractivity contribution in [1.29, 1.82) is 0 Å². The number of benzene rings is 3. The normalized spacial score (nSPS) is 30.4. The predicted molar refractivity (Wildman–Crippen MR) is 102 cm³/mol. The van der Waals surface area contributed by atoms with Gasteiger partial charge in [-0.2, -0.15) is 0 Å². The van der Waals surface area contributed by atoms with E-state index in [9.17, 15) is 4.79 Å². The van der Waals surface area contributed by atoms with Crippen LogP contribution in [0.1, 0.15) is 23.0 Å². The fourth-order valence-electron chi connectivity index (χ4n) is 5.34. The first-order valence-corrected chi connectivity index (χ1v) is 9.31. The van der Waals surface area contributed by atoms with Crippen molar-refractivity contribution >= 4 is 27.5 Å². The van der Waals surface area contributed by atoms with Gasteiger partial charge in [0.1, 0.15) is 0 Å². The van der Waals surface area contributed by atoms with Crippen molar-refractivity contribution < 1.29 is 19.0 Å². The molecule has 7 rings (SSSR count). The number of hydrogen-bond acceptors (Lipinski definition) is 4. The Morgan fingerprint density at radius 1 is 0.963 bits per heavy atom. The van der Waals surface area contributed by atoms with Gasteiger partial charge in [-0.3, -0.25) is 0 Å². The molecular formula is C23H18O4. The van der Waals surface area contributed by atoms with Crippen LogP contribution in [0.5, 0.6) is 0 Å². The van der Waals surface area contributed by atoms with Gasteiger partial charge in [0, 0.05) is 17.9 Å². The van der Waals surface area contributed by atoms with Crippen LogP contribution >= 0.6 is 0 Å². The van der Waals surface area contributed by atoms with Gasteiger partial charge in [0.2, 0.25) is 0 Å². The third-order valence-electron chi connectivity index (χ3n) is 6.24. The third-order valence-corrected chi connectivity index (χ3v) is 6.24. The Balaban J connectivity index is 1.69. The molecule has 0 spiro atoms. The van der Waals surface area contributed by atoms with Gasteiger partial charge in [-0.05, 0) is 32.7 Å². The summed E-state index contributed by atoms with van der Waals surface area (Å²) in [5, 5.41) is 4.98. The Morgan fingerprint density at radius 2 is 1.52 bits per heavy atom. The minimum absolute atomic E-state index is 0.0228. The highest BCUT2D eigenvalue weighted by Crippen LogP contribution is 2.58. The number of carbonyl (C=O) groups is 1. The van der Waals surface area contributed by atoms with E-state index in [1.807, 2.05) is 0 Å². The second-order valence-corrected chi connectivity index (χ2v) is 7.45. The van der Waals surface area contributed by atoms with Crippen molar-refractivity contribution in [2.24, 2.45) is 0 Å². The lowest BCUT2D eigenvalue weighted by Gasteiger charge is -2.46. The molecule has 2 aliphatic heterocycles. The molecule has 0 amide bonds. The van der Waals surface area contributed by atoms with E-state index >= 15 is 0 Å². The first-order chi connectivity index (χ1) is 13.3. The monoisotopic (exact) mass is 358 g/mol. The maximum absolute atomic E-state index is 12.1. The number of hydrogen-bond donors (Lipinski definition) is 0. The maximum Gasteiger partial charge on any atom is 0.330 e. The first-order valence-electron chi connectivity index (χ1n) is 9.31. The van der Waals surface area contributed by atoms with E-state index in [2.05, 4.69) is 55.1 Å². The van der Waals surface area contributed by atoms with E-state index in [-0.39, 0.29) is 17.9 Å². The molecule has 27 heavy (non-hydrogen) atoms. The van der Waals surface area contributed by atoms with Crippen LogP contribution in [0, 0.1) is 0 Å². The topological polar surface area (TPSA) is 44.8 Å². The summed E-state index contributed by atoms with van der Waals surface area (Å²) in [5.74, 6) is -0.295. The molecule has 0 aromatic heterocycles. The molecule has 0 N–H and O–H groups in total. The van der Waals surface area contributed by atoms with Crippen molar-refractivity contribution in [2.75, 3.05) is 6.61 Å². The summed E-state index contributed by atoms with van der Waals surface area (Å²) < 4.78 is 17.8. The average Bonchev–Trinajstić information content (AvgIpc) is 3.15. The van der Waals surface area contributed by atoms with Crippen LogP contribution in [0.15, 0.2) is 61.2 Å². The van der Waals surface area contributed by atoms with Crippen molar-refractivity contribution in [1.82, 2.24) is 0 Å². The quantitative estimate of drug-likeness (QED) is 0.394. The van der Waals surface area contributed by atoms with Crippen LogP contribution in [0.3, 0.4) is 0 Å². The number of fused-ring (bicyclic) bond motifs is 2. The highest BCUT2D eigenvalue weighted by molar-refractivity contribution is 6.09. The van der Waals surface area contributed by atoms with E-state index in [4.69, 9.17) is 14.2 Å². The summed E-state index contributed by atoms with van der Waals surface area (Å²) >= 11 is 0. The Morgan fingerprint density at radius 3 is 2.07 bits per heavy atom. The molecule has 3 aromatic rings. The smallest absolute Gasteiger partial charge is 0.330 e. The Hall–Kier alpha value is -2.69. The molecule has 4 aliphatic rings. The molecule has 4 nitrogen and oxygen atoms in total. The lowest BCUT2D eigenvalue weighted by molar-refractivity contribution is -0.192. The molecule has 2 fully saturated rings. The van der Waals surface area contributed by atoms with E-state index < -0.39 is 18.4 Å². The lowest BCUT2D eigenvalue weighted by Crippen LogP contribution is -2.48. The van der Waals surface area contributed by atoms with Gasteiger partial charge >= 0.3 is 5.97 Å². The van der Waals surface area contributed by atoms with E-state index in [1.165, 1.54) is 38.7 Å². The third kappa shape index (κ3) is 1.92. The van der Waals surface area contributed by atoms with E-state index in [0.29, 0.717) is 6.61 Å². The van der Waals surface area contributed by atoms with Gasteiger partial charge in [0.05, 0.1) is 12.7 Å². The Labute approximate surface area is 156 Å². The predicted octanol–water partition coefficient (Wildman–Crippen LogP) is 4.03. The van der Waals surface area contributed by atoms with Crippen LogP contribution in [-0.4, -0.2) is 31.1 Å². The largest absolute Gasteiger partial charge is 0.453 e. The number of esters is 1. The van der Waals surface area contributed by atoms with Crippen molar-refractivity contribution in [3.05, 3.63) is 72.3 Å². The minimum atomic E-state index is -0.521. The second kappa shape index (κ2) is 5.41. The number of rotatable bonds is 2. The zero-order chi connectivity index (χ0) is 18.1. The number of ether oxygens (including phenoxy) is 3. The molecule has 4 unspecified atom stereocenters. The summed E-state index contributed by atoms with van der Waals surface area (Å²) in [6, 6.07) is 17.0. The molecular weight excluding hydrogens is 340 g/mol. The van der Waals surface area contributed by atoms with Crippen molar-refractivity contribution in [2.45, 2.75) is 30.3 Å². The molecule has 2 aliphatic carbocycles. The fourth-order valence-corrected chi connectivity index (χ4v) is 5.34. The minimum Gasteiger partial charge on any atom is -0.453 e. The zero-order valence-corrected chi connectivity index (χ0v) is 14.6. The highest BCUT2D eigenvalue weighted by atomic mass is 16.7. The van der Waals surface area contributed by atoms with Crippen LogP contribution in [0.25, 0.3) is 21.5 Å². The summed E-state index contributed by atoms with van der Waals surface area (Å²) in [4.78, 5) is 12.1. The van der Waals surface area contributed by atoms with Crippen LogP contribution in [-0.2, 0) is 19.0 Å². The SMILES string of the molecule is C=CC(=O)O[C@H]1C2OCC(O2)C2c3c4ccccc4c(c4ccccc34)C21. The Bertz CT molecular complexity index is 1060. The summed E-state index contributed by atoms with van der Waals surface area (Å²) in [6.07, 6.45) is 0.180. The van der Waals surface area contributed by atoms with Gasteiger partial charge in [-0.1, -0.05) is 55.1 Å². The van der Waals surface area contributed by atoms with Gasteiger partial charge in [-0.25, -0.2) is 4.79 Å². The summed E-state index contributed by atoms with van der Waals surface area (Å²) in [7, 11) is 0. The zero-order valence-electron chi connectivity index (χ0n) is 14.6. The number of carbonyl (C=O) groups excluding carboxylic acids is 1. The fraction of sp³-hybridized carbons (Fsp3) is 0.261. The molecule has 4 bridgehead atoms. The molecule has 0 saturated carbocycles. The second-order valence-electron chi connectivity index (χ2n) is 7.45. The van der Waals surface area contributed by atoms with Gasteiger partial charge in [-0.15, -0.1) is 0 Å². The molecule has 5 atom stereocenters. The van der Waals surface area contributed by atoms with Crippen molar-refractivity contribution in [3.8, 4) is 0 Å². The van der Waals surface area contributed by atoms with Crippen LogP contribution < -0.4 is 0 Å². The van der Waals surface area contributed by atoms with Crippen LogP contribution in [0.4, 0.5) is 0 Å². The van der Waals surface area contributed by atoms with Gasteiger partial charge < -0.3 is 14.2 Å². The molecule has 2 saturated heterocycles. The maximum atomic E-state index is 12.1. The van der Waals surface area contributed by atoms with Crippen molar-refractivity contribution in [3.63, 3.8) is 0 Å². The highest BCUT2D eigenvalue weighted by Gasteiger charge is 2.56. The summed E-state index contributed by atoms with van der Waals surface area (Å²) in [6.45, 7) is 4.07. The van der Waals surface area contributed by atoms with Gasteiger partial charge in [0.15, 0.2) is 12.4 Å². The lowest BCUT2D eigenvalue weighted by atomic mass is 9.64. The standard InChI is InChI=1S/C23H18O4/c1-2-17(24)27-22-21-19-14-9-5-3-7-12(14)18(13-8-4-6-10-15(13)19)20(21)16-11-25-23(22)26-16/h2-10,16,20-23H,1,11H2/t16?,20?,21?,22-,23?/m1/s1. The molecule has 3 aromatic carbocycles. The average molecular weight is 358 g/mol. The van der Waals surface area contributed by atoms with Gasteiger partial charge in [0.25, 0.3) is 0 Å². The van der Waals surface area contributed by atoms with E-state index in [1.54, 1.807) is 0 Å². The molecule has 2 heterocycles. The molecule has 134 valence electrons. The summed E-state index contributed by atoms with van der Waals surface area (Å²) in [5.41, 5.74) is 2.53. The molecule has 4 heteroatoms. The first kappa shape index (κ1) is 15.4. The Kier molecular flexibility index (Phi) is 3.08. The molecule has 0 radical (unpaired) electrons.